The smallest absolute Gasteiger partial charge is 0.345 e. The van der Waals surface area contributed by atoms with Crippen molar-refractivity contribution in [2.45, 2.75) is 63.8 Å². The largest absolute Gasteiger partial charge is 0.348 e. The molecule has 2 unspecified atom stereocenters. The number of alkyl halides is 2. The van der Waals surface area contributed by atoms with E-state index in [4.69, 9.17) is 0 Å². The zero-order chi connectivity index (χ0) is 14.8. The average Bonchev–Trinajstić information content (AvgIpc) is 2.99. The van der Waals surface area contributed by atoms with Crippen molar-refractivity contribution in [3.8, 4) is 0 Å². The SMILES string of the molecule is O=C(NC1CCCC(OC(F)F)C1)c1cnc2n1CCC2. The van der Waals surface area contributed by atoms with E-state index in [9.17, 15) is 13.6 Å². The summed E-state index contributed by atoms with van der Waals surface area (Å²) in [6.45, 7) is -1.93. The highest BCUT2D eigenvalue weighted by molar-refractivity contribution is 5.92. The number of amides is 1. The fourth-order valence-electron chi connectivity index (χ4n) is 3.24. The van der Waals surface area contributed by atoms with Gasteiger partial charge in [-0.2, -0.15) is 8.78 Å². The van der Waals surface area contributed by atoms with E-state index in [1.807, 2.05) is 4.57 Å². The number of nitrogens with zero attached hydrogens (tertiary/aromatic N) is 2. The Bertz CT molecular complexity index is 518. The summed E-state index contributed by atoms with van der Waals surface area (Å²) in [5.74, 6) is 0.779. The van der Waals surface area contributed by atoms with E-state index in [1.54, 1.807) is 6.20 Å². The third-order valence-corrected chi connectivity index (χ3v) is 4.21. The van der Waals surface area contributed by atoms with Crippen LogP contribution in [0.15, 0.2) is 6.20 Å². The molecule has 7 heteroatoms. The molecular weight excluding hydrogens is 280 g/mol. The molecular formula is C14H19F2N3O2. The van der Waals surface area contributed by atoms with Crippen LogP contribution in [0.5, 0.6) is 0 Å². The van der Waals surface area contributed by atoms with Gasteiger partial charge < -0.3 is 14.6 Å². The lowest BCUT2D eigenvalue weighted by Gasteiger charge is -2.29. The first kappa shape index (κ1) is 14.4. The summed E-state index contributed by atoms with van der Waals surface area (Å²) >= 11 is 0. The molecule has 1 N–H and O–H groups in total. The molecule has 116 valence electrons. The molecule has 5 nitrogen and oxygen atoms in total. The van der Waals surface area contributed by atoms with Crippen LogP contribution in [0.3, 0.4) is 0 Å². The standard InChI is InChI=1S/C14H19F2N3O2/c15-14(16)21-10-4-1-3-9(7-10)18-13(20)11-8-17-12-5-2-6-19(11)12/h8-10,14H,1-7H2,(H,18,20). The van der Waals surface area contributed by atoms with Gasteiger partial charge in [-0.15, -0.1) is 0 Å². The van der Waals surface area contributed by atoms with Crippen LogP contribution in [-0.2, 0) is 17.7 Å². The number of ether oxygens (including phenoxy) is 1. The van der Waals surface area contributed by atoms with Gasteiger partial charge in [-0.1, -0.05) is 0 Å². The molecule has 1 aliphatic heterocycles. The highest BCUT2D eigenvalue weighted by atomic mass is 19.3. The monoisotopic (exact) mass is 299 g/mol. The summed E-state index contributed by atoms with van der Waals surface area (Å²) in [6.07, 6.45) is 5.69. The molecule has 1 aromatic rings. The summed E-state index contributed by atoms with van der Waals surface area (Å²) in [5.41, 5.74) is 0.569. The van der Waals surface area contributed by atoms with E-state index in [0.29, 0.717) is 18.5 Å². The zero-order valence-corrected chi connectivity index (χ0v) is 11.7. The Morgan fingerprint density at radius 3 is 3.10 bits per heavy atom. The minimum atomic E-state index is -2.75. The highest BCUT2D eigenvalue weighted by Crippen LogP contribution is 2.23. The number of hydrogen-bond acceptors (Lipinski definition) is 3. The molecule has 2 atom stereocenters. The molecule has 1 aliphatic carbocycles. The van der Waals surface area contributed by atoms with E-state index in [0.717, 1.165) is 38.1 Å². The molecule has 1 fully saturated rings. The molecule has 0 bridgehead atoms. The number of hydrogen-bond donors (Lipinski definition) is 1. The molecule has 0 radical (unpaired) electrons. The molecule has 0 saturated heterocycles. The second-order valence-corrected chi connectivity index (χ2v) is 5.67. The van der Waals surface area contributed by atoms with Gasteiger partial charge >= 0.3 is 6.61 Å². The molecule has 1 saturated carbocycles. The van der Waals surface area contributed by atoms with Gasteiger partial charge in [0.2, 0.25) is 0 Å². The first-order valence-corrected chi connectivity index (χ1v) is 7.42. The maximum atomic E-state index is 12.3. The Labute approximate surface area is 121 Å². The van der Waals surface area contributed by atoms with E-state index in [-0.39, 0.29) is 11.9 Å². The van der Waals surface area contributed by atoms with E-state index < -0.39 is 12.7 Å². The first-order chi connectivity index (χ1) is 10.1. The zero-order valence-electron chi connectivity index (χ0n) is 11.7. The van der Waals surface area contributed by atoms with Gasteiger partial charge in [0, 0.05) is 19.0 Å². The van der Waals surface area contributed by atoms with E-state index in [1.165, 1.54) is 0 Å². The highest BCUT2D eigenvalue weighted by Gasteiger charge is 2.28. The van der Waals surface area contributed by atoms with Crippen molar-refractivity contribution in [3.63, 3.8) is 0 Å². The number of aryl methyl sites for hydroxylation is 1. The number of imidazole rings is 1. The third kappa shape index (κ3) is 3.23. The average molecular weight is 299 g/mol. The predicted octanol–water partition coefficient (Wildman–Crippen LogP) is 2.11. The predicted molar refractivity (Wildman–Crippen MR) is 71.1 cm³/mol. The molecule has 1 amide bonds. The third-order valence-electron chi connectivity index (χ3n) is 4.21. The van der Waals surface area contributed by atoms with Crippen molar-refractivity contribution in [1.29, 1.82) is 0 Å². The summed E-state index contributed by atoms with van der Waals surface area (Å²) in [6, 6.07) is -0.109. The Kier molecular flexibility index (Phi) is 4.19. The van der Waals surface area contributed by atoms with Crippen molar-refractivity contribution in [3.05, 3.63) is 17.7 Å². The number of carbonyl (C=O) groups excluding carboxylic acids is 1. The lowest BCUT2D eigenvalue weighted by Crippen LogP contribution is -2.41. The maximum absolute atomic E-state index is 12.3. The lowest BCUT2D eigenvalue weighted by atomic mass is 9.93. The lowest BCUT2D eigenvalue weighted by molar-refractivity contribution is -0.170. The number of nitrogens with one attached hydrogen (secondary N) is 1. The molecule has 0 aromatic carbocycles. The van der Waals surface area contributed by atoms with Gasteiger partial charge in [-0.05, 0) is 32.1 Å². The maximum Gasteiger partial charge on any atom is 0.345 e. The van der Waals surface area contributed by atoms with Crippen molar-refractivity contribution in [2.24, 2.45) is 0 Å². The molecule has 1 aromatic heterocycles. The summed E-state index contributed by atoms with van der Waals surface area (Å²) in [4.78, 5) is 16.5. The summed E-state index contributed by atoms with van der Waals surface area (Å²) < 4.78 is 31.0. The van der Waals surface area contributed by atoms with Crippen LogP contribution in [0.1, 0.15) is 48.4 Å². The molecule has 3 rings (SSSR count). The van der Waals surface area contributed by atoms with Crippen LogP contribution >= 0.6 is 0 Å². The number of halogens is 2. The number of fused-ring (bicyclic) bond motifs is 1. The van der Waals surface area contributed by atoms with Crippen LogP contribution in [0, 0.1) is 0 Å². The molecule has 2 aliphatic rings. The molecule has 0 spiro atoms. The van der Waals surface area contributed by atoms with Crippen LogP contribution in [0.4, 0.5) is 8.78 Å². The van der Waals surface area contributed by atoms with Crippen LogP contribution in [-0.4, -0.2) is 34.2 Å². The molecule has 2 heterocycles. The second-order valence-electron chi connectivity index (χ2n) is 5.67. The van der Waals surface area contributed by atoms with Crippen LogP contribution < -0.4 is 5.32 Å². The van der Waals surface area contributed by atoms with Crippen LogP contribution in [0.2, 0.25) is 0 Å². The Hall–Kier alpha value is -1.50. The van der Waals surface area contributed by atoms with Gasteiger partial charge in [0.05, 0.1) is 12.3 Å². The fourth-order valence-corrected chi connectivity index (χ4v) is 3.24. The van der Waals surface area contributed by atoms with Crippen molar-refractivity contribution in [1.82, 2.24) is 14.9 Å². The van der Waals surface area contributed by atoms with Gasteiger partial charge in [-0.25, -0.2) is 4.98 Å². The van der Waals surface area contributed by atoms with Crippen molar-refractivity contribution >= 4 is 5.91 Å². The van der Waals surface area contributed by atoms with Crippen molar-refractivity contribution in [2.75, 3.05) is 0 Å². The van der Waals surface area contributed by atoms with Gasteiger partial charge in [0.1, 0.15) is 11.5 Å². The number of aromatic nitrogens is 2. The Morgan fingerprint density at radius 1 is 1.43 bits per heavy atom. The normalized spacial score (nSPS) is 25.1. The summed E-state index contributed by atoms with van der Waals surface area (Å²) in [7, 11) is 0. The minimum Gasteiger partial charge on any atom is -0.348 e. The fraction of sp³-hybridized carbons (Fsp3) is 0.714. The number of carbonyl (C=O) groups is 1. The Morgan fingerprint density at radius 2 is 2.29 bits per heavy atom. The van der Waals surface area contributed by atoms with E-state index >= 15 is 0 Å². The van der Waals surface area contributed by atoms with Gasteiger partial charge in [0.25, 0.3) is 5.91 Å². The quantitative estimate of drug-likeness (QED) is 0.926. The number of rotatable bonds is 4. The van der Waals surface area contributed by atoms with Gasteiger partial charge in [-0.3, -0.25) is 4.79 Å². The van der Waals surface area contributed by atoms with Crippen molar-refractivity contribution < 1.29 is 18.3 Å². The topological polar surface area (TPSA) is 56.1 Å². The van der Waals surface area contributed by atoms with E-state index in [2.05, 4.69) is 15.0 Å². The second kappa shape index (κ2) is 6.09. The Balaban J connectivity index is 1.59. The first-order valence-electron chi connectivity index (χ1n) is 7.42. The summed E-state index contributed by atoms with van der Waals surface area (Å²) in [5, 5.41) is 2.93. The van der Waals surface area contributed by atoms with Gasteiger partial charge in [0.15, 0.2) is 0 Å². The van der Waals surface area contributed by atoms with Crippen LogP contribution in [0.25, 0.3) is 0 Å². The molecule has 21 heavy (non-hydrogen) atoms. The minimum absolute atomic E-state index is 0.109.